The lowest BCUT2D eigenvalue weighted by Crippen LogP contribution is -2.54. The van der Waals surface area contributed by atoms with E-state index in [2.05, 4.69) is 34.9 Å². The van der Waals surface area contributed by atoms with Gasteiger partial charge >= 0.3 is 12.1 Å². The molecule has 2 aliphatic rings. The van der Waals surface area contributed by atoms with E-state index in [1.165, 1.54) is 11.1 Å². The summed E-state index contributed by atoms with van der Waals surface area (Å²) >= 11 is 0. The Bertz CT molecular complexity index is 1000. The number of carboxylic acids is 1. The van der Waals surface area contributed by atoms with E-state index in [-0.39, 0.29) is 36.9 Å². The first kappa shape index (κ1) is 22.8. The van der Waals surface area contributed by atoms with Crippen LogP contribution in [0.1, 0.15) is 29.9 Å². The van der Waals surface area contributed by atoms with Crippen molar-refractivity contribution in [2.45, 2.75) is 30.8 Å². The number of nitrogens with zero attached hydrogens (tertiary/aromatic N) is 1. The average molecular weight is 452 g/mol. The van der Waals surface area contributed by atoms with Crippen molar-refractivity contribution in [1.82, 2.24) is 15.5 Å². The Labute approximate surface area is 192 Å². The summed E-state index contributed by atoms with van der Waals surface area (Å²) < 4.78 is 5.55. The van der Waals surface area contributed by atoms with Gasteiger partial charge in [0.2, 0.25) is 5.91 Å². The first-order valence-electron chi connectivity index (χ1n) is 11.1. The van der Waals surface area contributed by atoms with Gasteiger partial charge in [0.25, 0.3) is 0 Å². The Morgan fingerprint density at radius 1 is 1.03 bits per heavy atom. The average Bonchev–Trinajstić information content (AvgIpc) is 3.07. The number of carbonyl (C=O) groups is 3. The molecule has 0 bridgehead atoms. The van der Waals surface area contributed by atoms with E-state index in [1.807, 2.05) is 24.3 Å². The summed E-state index contributed by atoms with van der Waals surface area (Å²) in [7, 11) is 3.50. The van der Waals surface area contributed by atoms with Crippen molar-refractivity contribution in [1.29, 1.82) is 0 Å². The van der Waals surface area contributed by atoms with Gasteiger partial charge in [0.1, 0.15) is 12.6 Å². The van der Waals surface area contributed by atoms with Crippen LogP contribution >= 0.6 is 0 Å². The van der Waals surface area contributed by atoms with Crippen LogP contribution in [0.15, 0.2) is 48.5 Å². The molecular formula is C25H29N3O5. The maximum Gasteiger partial charge on any atom is 0.407 e. The minimum Gasteiger partial charge on any atom is -0.480 e. The van der Waals surface area contributed by atoms with Gasteiger partial charge in [-0.05, 0) is 49.2 Å². The standard InChI is InChI=1S/C25H29N3O5/c1-28(2)13-22(24(30)31)27-23(29)15-11-16(12-15)26-25(32)33-14-21-19-9-5-3-7-17(19)18-8-4-6-10-20(18)21/h3-10,15-16,21-22H,11-14H2,1-2H3,(H,26,32)(H,27,29)(H,30,31)/t15?,16?,22-/m0/s1. The van der Waals surface area contributed by atoms with Crippen LogP contribution in [0, 0.1) is 5.92 Å². The van der Waals surface area contributed by atoms with E-state index < -0.39 is 18.1 Å². The maximum absolute atomic E-state index is 12.4. The number of alkyl carbamates (subject to hydrolysis) is 1. The normalized spacial score (nSPS) is 19.7. The fourth-order valence-corrected chi connectivity index (χ4v) is 4.60. The van der Waals surface area contributed by atoms with Crippen molar-refractivity contribution < 1.29 is 24.2 Å². The highest BCUT2D eigenvalue weighted by molar-refractivity contribution is 5.86. The van der Waals surface area contributed by atoms with E-state index in [0.29, 0.717) is 12.8 Å². The molecule has 33 heavy (non-hydrogen) atoms. The maximum atomic E-state index is 12.4. The van der Waals surface area contributed by atoms with Crippen molar-refractivity contribution in [3.63, 3.8) is 0 Å². The lowest BCUT2D eigenvalue weighted by atomic mass is 9.79. The zero-order chi connectivity index (χ0) is 23.5. The summed E-state index contributed by atoms with van der Waals surface area (Å²) in [5.41, 5.74) is 4.64. The molecule has 0 saturated heterocycles. The Morgan fingerprint density at radius 2 is 1.61 bits per heavy atom. The molecular weight excluding hydrogens is 422 g/mol. The Balaban J connectivity index is 1.25. The molecule has 8 nitrogen and oxygen atoms in total. The van der Waals surface area contributed by atoms with Crippen LogP contribution in [0.3, 0.4) is 0 Å². The van der Waals surface area contributed by atoms with Crippen LogP contribution in [-0.4, -0.2) is 67.3 Å². The molecule has 8 heteroatoms. The number of amides is 2. The molecule has 4 rings (SSSR count). The van der Waals surface area contributed by atoms with Gasteiger partial charge in [-0.1, -0.05) is 48.5 Å². The van der Waals surface area contributed by atoms with E-state index >= 15 is 0 Å². The SMILES string of the molecule is CN(C)C[C@H](NC(=O)C1CC(NC(=O)OCC2c3ccccc3-c3ccccc32)C1)C(=O)O. The van der Waals surface area contributed by atoms with Gasteiger partial charge in [0.15, 0.2) is 0 Å². The molecule has 0 unspecified atom stereocenters. The van der Waals surface area contributed by atoms with E-state index in [9.17, 15) is 19.5 Å². The number of nitrogens with one attached hydrogen (secondary N) is 2. The number of hydrogen-bond acceptors (Lipinski definition) is 5. The third kappa shape index (κ3) is 5.01. The number of ether oxygens (including phenoxy) is 1. The fraction of sp³-hybridized carbons (Fsp3) is 0.400. The molecule has 2 aromatic carbocycles. The third-order valence-electron chi connectivity index (χ3n) is 6.34. The molecule has 2 aromatic rings. The Kier molecular flexibility index (Phi) is 6.65. The Morgan fingerprint density at radius 3 is 2.15 bits per heavy atom. The topological polar surface area (TPSA) is 108 Å². The predicted molar refractivity (Wildman–Crippen MR) is 123 cm³/mol. The van der Waals surface area contributed by atoms with Gasteiger partial charge < -0.3 is 25.4 Å². The first-order valence-corrected chi connectivity index (χ1v) is 11.1. The van der Waals surface area contributed by atoms with Gasteiger partial charge in [0.05, 0.1) is 0 Å². The zero-order valence-electron chi connectivity index (χ0n) is 18.8. The molecule has 2 amide bonds. The summed E-state index contributed by atoms with van der Waals surface area (Å²) in [5, 5.41) is 14.7. The summed E-state index contributed by atoms with van der Waals surface area (Å²) in [6.07, 6.45) is 0.422. The summed E-state index contributed by atoms with van der Waals surface area (Å²) in [6, 6.07) is 15.2. The molecule has 1 fully saturated rings. The monoisotopic (exact) mass is 451 g/mol. The highest BCUT2D eigenvalue weighted by Crippen LogP contribution is 2.44. The molecule has 0 heterocycles. The van der Waals surface area contributed by atoms with Crippen molar-refractivity contribution >= 4 is 18.0 Å². The number of carboxylic acid groups (broad SMARTS) is 1. The molecule has 2 aliphatic carbocycles. The quantitative estimate of drug-likeness (QED) is 0.569. The number of carbonyl (C=O) groups excluding carboxylic acids is 2. The summed E-state index contributed by atoms with van der Waals surface area (Å²) in [5.74, 6) is -1.68. The number of benzene rings is 2. The fourth-order valence-electron chi connectivity index (χ4n) is 4.60. The molecule has 3 N–H and O–H groups in total. The molecule has 1 atom stereocenters. The minimum absolute atomic E-state index is 0.00674. The predicted octanol–water partition coefficient (Wildman–Crippen LogP) is 2.43. The van der Waals surface area contributed by atoms with Crippen LogP contribution < -0.4 is 10.6 Å². The van der Waals surface area contributed by atoms with Gasteiger partial charge in [-0.25, -0.2) is 9.59 Å². The zero-order valence-corrected chi connectivity index (χ0v) is 18.8. The highest BCUT2D eigenvalue weighted by Gasteiger charge is 2.37. The van der Waals surface area contributed by atoms with Crippen LogP contribution in [0.5, 0.6) is 0 Å². The van der Waals surface area contributed by atoms with Crippen LogP contribution in [0.25, 0.3) is 11.1 Å². The van der Waals surface area contributed by atoms with Crippen LogP contribution in [-0.2, 0) is 14.3 Å². The largest absolute Gasteiger partial charge is 0.480 e. The lowest BCUT2D eigenvalue weighted by Gasteiger charge is -2.35. The van der Waals surface area contributed by atoms with Gasteiger partial charge in [-0.15, -0.1) is 0 Å². The molecule has 1 saturated carbocycles. The molecule has 0 aliphatic heterocycles. The van der Waals surface area contributed by atoms with Gasteiger partial charge in [-0.3, -0.25) is 4.79 Å². The molecule has 0 radical (unpaired) electrons. The van der Waals surface area contributed by atoms with Crippen molar-refractivity contribution in [3.8, 4) is 11.1 Å². The smallest absolute Gasteiger partial charge is 0.407 e. The Hall–Kier alpha value is -3.39. The van der Waals surface area contributed by atoms with E-state index in [0.717, 1.165) is 11.1 Å². The van der Waals surface area contributed by atoms with Crippen LogP contribution in [0.4, 0.5) is 4.79 Å². The van der Waals surface area contributed by atoms with E-state index in [4.69, 9.17) is 4.74 Å². The van der Waals surface area contributed by atoms with Crippen molar-refractivity contribution in [3.05, 3.63) is 59.7 Å². The second kappa shape index (κ2) is 9.62. The number of hydrogen-bond donors (Lipinski definition) is 3. The number of rotatable bonds is 8. The van der Waals surface area contributed by atoms with Gasteiger partial charge in [0, 0.05) is 24.4 Å². The molecule has 0 aromatic heterocycles. The lowest BCUT2D eigenvalue weighted by molar-refractivity contribution is -0.143. The third-order valence-corrected chi connectivity index (χ3v) is 6.34. The van der Waals surface area contributed by atoms with Crippen molar-refractivity contribution in [2.24, 2.45) is 5.92 Å². The van der Waals surface area contributed by atoms with Crippen LogP contribution in [0.2, 0.25) is 0 Å². The van der Waals surface area contributed by atoms with E-state index in [1.54, 1.807) is 19.0 Å². The highest BCUT2D eigenvalue weighted by atomic mass is 16.5. The minimum atomic E-state index is -1.07. The summed E-state index contributed by atoms with van der Waals surface area (Å²) in [6.45, 7) is 0.455. The van der Waals surface area contributed by atoms with Gasteiger partial charge in [-0.2, -0.15) is 0 Å². The second-order valence-corrected chi connectivity index (χ2v) is 9.00. The summed E-state index contributed by atoms with van der Waals surface area (Å²) in [4.78, 5) is 37.8. The number of likely N-dealkylation sites (N-methyl/N-ethyl adjacent to an activating group) is 1. The molecule has 174 valence electrons. The number of aliphatic carboxylic acids is 1. The molecule has 0 spiro atoms. The second-order valence-electron chi connectivity index (χ2n) is 9.00. The first-order chi connectivity index (χ1) is 15.8. The number of fused-ring (bicyclic) bond motifs is 3. The van der Waals surface area contributed by atoms with Crippen molar-refractivity contribution in [2.75, 3.05) is 27.2 Å².